The lowest BCUT2D eigenvalue weighted by Gasteiger charge is -2.32. The van der Waals surface area contributed by atoms with Crippen molar-refractivity contribution in [2.75, 3.05) is 7.11 Å². The molecule has 1 heterocycles. The van der Waals surface area contributed by atoms with Crippen LogP contribution in [0.5, 0.6) is 11.5 Å². The molecule has 0 fully saturated rings. The molecule has 1 amide bonds. The molecule has 2 N–H and O–H groups in total. The van der Waals surface area contributed by atoms with Crippen molar-refractivity contribution in [1.29, 1.82) is 0 Å². The lowest BCUT2D eigenvalue weighted by molar-refractivity contribution is -0.297. The van der Waals surface area contributed by atoms with E-state index >= 15 is 0 Å². The van der Waals surface area contributed by atoms with E-state index in [1.54, 1.807) is 0 Å². The first-order valence-corrected chi connectivity index (χ1v) is 7.80. The van der Waals surface area contributed by atoms with Crippen LogP contribution in [0.3, 0.4) is 0 Å². The van der Waals surface area contributed by atoms with Crippen LogP contribution in [0.4, 0.5) is 13.2 Å². The highest BCUT2D eigenvalue weighted by atomic mass is 19.4. The van der Waals surface area contributed by atoms with Gasteiger partial charge in [-0.1, -0.05) is 0 Å². The van der Waals surface area contributed by atoms with Gasteiger partial charge in [0.2, 0.25) is 0 Å². The summed E-state index contributed by atoms with van der Waals surface area (Å²) in [4.78, 5) is 12.6. The molecule has 1 aliphatic rings. The van der Waals surface area contributed by atoms with Crippen LogP contribution in [0.15, 0.2) is 53.6 Å². The quantitative estimate of drug-likeness (QED) is 0.858. The maximum atomic E-state index is 13.6. The van der Waals surface area contributed by atoms with Crippen molar-refractivity contribution in [2.45, 2.75) is 18.3 Å². The Bertz CT molecular complexity index is 879. The number of methoxy groups -OCH3 is 1. The largest absolute Gasteiger partial charge is 0.508 e. The van der Waals surface area contributed by atoms with Gasteiger partial charge in [0, 0.05) is 5.56 Å². The van der Waals surface area contributed by atoms with E-state index in [1.807, 2.05) is 0 Å². The summed E-state index contributed by atoms with van der Waals surface area (Å²) < 4.78 is 45.7. The van der Waals surface area contributed by atoms with E-state index in [1.165, 1.54) is 31.4 Å². The number of phenolic OH excluding ortho intramolecular Hbond substituents is 1. The third kappa shape index (κ3) is 3.33. The van der Waals surface area contributed by atoms with Crippen molar-refractivity contribution in [3.05, 3.63) is 59.7 Å². The zero-order valence-corrected chi connectivity index (χ0v) is 14.1. The van der Waals surface area contributed by atoms with Gasteiger partial charge in [-0.05, 0) is 54.1 Å². The van der Waals surface area contributed by atoms with Gasteiger partial charge in [-0.2, -0.15) is 23.3 Å². The SMILES string of the molecule is COc1ccc(C2=NN(C(=O)c3ccc(O)cc3)C(O)(C(F)(F)F)C2)cc1. The molecule has 0 aliphatic carbocycles. The van der Waals surface area contributed by atoms with Gasteiger partial charge in [-0.25, -0.2) is 0 Å². The molecule has 0 radical (unpaired) electrons. The van der Waals surface area contributed by atoms with Crippen LogP contribution in [-0.4, -0.2) is 45.9 Å². The standard InChI is InChI=1S/C18H15F3N2O4/c1-27-14-8-4-11(5-9-14)15-10-17(26,18(19,20)21)23(22-15)16(25)12-2-6-13(24)7-3-12/h2-9,24,26H,10H2,1H3. The second-order valence-electron chi connectivity index (χ2n) is 5.93. The second kappa shape index (κ2) is 6.58. The lowest BCUT2D eigenvalue weighted by atomic mass is 10.0. The number of carbonyl (C=O) groups is 1. The highest BCUT2D eigenvalue weighted by Gasteiger charge is 2.63. The summed E-state index contributed by atoms with van der Waals surface area (Å²) in [5.41, 5.74) is -3.41. The Morgan fingerprint density at radius 1 is 1.15 bits per heavy atom. The van der Waals surface area contributed by atoms with Crippen molar-refractivity contribution in [1.82, 2.24) is 5.01 Å². The molecule has 0 aromatic heterocycles. The number of carbonyl (C=O) groups excluding carboxylic acids is 1. The smallest absolute Gasteiger partial charge is 0.438 e. The number of nitrogens with zero attached hydrogens (tertiary/aromatic N) is 2. The highest BCUT2D eigenvalue weighted by molar-refractivity contribution is 6.05. The lowest BCUT2D eigenvalue weighted by Crippen LogP contribution is -2.56. The van der Waals surface area contributed by atoms with Gasteiger partial charge in [0.25, 0.3) is 11.6 Å². The molecular weight excluding hydrogens is 365 g/mol. The maximum Gasteiger partial charge on any atom is 0.438 e. The zero-order chi connectivity index (χ0) is 19.8. The molecule has 1 aliphatic heterocycles. The van der Waals surface area contributed by atoms with Crippen molar-refractivity contribution in [2.24, 2.45) is 5.10 Å². The van der Waals surface area contributed by atoms with E-state index in [-0.39, 0.29) is 22.0 Å². The number of rotatable bonds is 3. The Morgan fingerprint density at radius 3 is 2.26 bits per heavy atom. The van der Waals surface area contributed by atoms with E-state index in [2.05, 4.69) is 5.10 Å². The fraction of sp³-hybridized carbons (Fsp3) is 0.222. The molecule has 3 rings (SSSR count). The number of aromatic hydroxyl groups is 1. The van der Waals surface area contributed by atoms with E-state index in [0.29, 0.717) is 11.3 Å². The molecule has 2 aromatic rings. The van der Waals surface area contributed by atoms with E-state index < -0.39 is 24.2 Å². The molecule has 0 saturated heterocycles. The molecule has 0 saturated carbocycles. The van der Waals surface area contributed by atoms with Crippen LogP contribution >= 0.6 is 0 Å². The Hall–Kier alpha value is -3.07. The molecular formula is C18H15F3N2O4. The predicted octanol–water partition coefficient (Wildman–Crippen LogP) is 2.90. The maximum absolute atomic E-state index is 13.6. The third-order valence-corrected chi connectivity index (χ3v) is 4.17. The third-order valence-electron chi connectivity index (χ3n) is 4.17. The summed E-state index contributed by atoms with van der Waals surface area (Å²) in [6, 6.07) is 10.7. The first-order chi connectivity index (χ1) is 12.7. The van der Waals surface area contributed by atoms with Gasteiger partial charge in [0.15, 0.2) is 0 Å². The normalized spacial score (nSPS) is 19.7. The monoisotopic (exact) mass is 380 g/mol. The molecule has 1 unspecified atom stereocenters. The number of ether oxygens (including phenoxy) is 1. The van der Waals surface area contributed by atoms with Crippen LogP contribution in [-0.2, 0) is 0 Å². The molecule has 27 heavy (non-hydrogen) atoms. The highest BCUT2D eigenvalue weighted by Crippen LogP contribution is 2.42. The van der Waals surface area contributed by atoms with Gasteiger partial charge < -0.3 is 14.9 Å². The number of hydrazone groups is 1. The Balaban J connectivity index is 2.01. The molecule has 0 spiro atoms. The number of hydrogen-bond donors (Lipinski definition) is 2. The van der Waals surface area contributed by atoms with E-state index in [9.17, 15) is 28.2 Å². The van der Waals surface area contributed by atoms with Gasteiger partial charge in [-0.3, -0.25) is 4.79 Å². The number of alkyl halides is 3. The summed E-state index contributed by atoms with van der Waals surface area (Å²) in [6.07, 6.45) is -6.04. The molecule has 1 atom stereocenters. The van der Waals surface area contributed by atoms with Crippen molar-refractivity contribution in [3.8, 4) is 11.5 Å². The topological polar surface area (TPSA) is 82.4 Å². The summed E-state index contributed by atoms with van der Waals surface area (Å²) >= 11 is 0. The van der Waals surface area contributed by atoms with Crippen LogP contribution in [0, 0.1) is 0 Å². The van der Waals surface area contributed by atoms with Crippen molar-refractivity contribution in [3.63, 3.8) is 0 Å². The number of halogens is 3. The van der Waals surface area contributed by atoms with Crippen LogP contribution in [0.1, 0.15) is 22.3 Å². The number of hydrogen-bond acceptors (Lipinski definition) is 5. The molecule has 2 aromatic carbocycles. The fourth-order valence-electron chi connectivity index (χ4n) is 2.65. The minimum absolute atomic E-state index is 0.0406. The Morgan fingerprint density at radius 2 is 1.74 bits per heavy atom. The number of phenols is 1. The first-order valence-electron chi connectivity index (χ1n) is 7.80. The van der Waals surface area contributed by atoms with Crippen LogP contribution in [0.25, 0.3) is 0 Å². The van der Waals surface area contributed by atoms with Gasteiger partial charge in [0.1, 0.15) is 11.5 Å². The number of aliphatic hydroxyl groups is 1. The van der Waals surface area contributed by atoms with Crippen molar-refractivity contribution < 1.29 is 32.9 Å². The average Bonchev–Trinajstić information content (AvgIpc) is 3.01. The fourth-order valence-corrected chi connectivity index (χ4v) is 2.65. The summed E-state index contributed by atoms with van der Waals surface area (Å²) in [6.45, 7) is 0. The average molecular weight is 380 g/mol. The summed E-state index contributed by atoms with van der Waals surface area (Å²) in [5, 5.41) is 23.4. The molecule has 0 bridgehead atoms. The second-order valence-corrected chi connectivity index (χ2v) is 5.93. The summed E-state index contributed by atoms with van der Waals surface area (Å²) in [5.74, 6) is -0.791. The van der Waals surface area contributed by atoms with Gasteiger partial charge in [-0.15, -0.1) is 0 Å². The van der Waals surface area contributed by atoms with E-state index in [0.717, 1.165) is 24.3 Å². The van der Waals surface area contributed by atoms with Gasteiger partial charge >= 0.3 is 6.18 Å². The predicted molar refractivity (Wildman–Crippen MR) is 89.4 cm³/mol. The number of amides is 1. The van der Waals surface area contributed by atoms with Gasteiger partial charge in [0.05, 0.1) is 19.2 Å². The summed E-state index contributed by atoms with van der Waals surface area (Å²) in [7, 11) is 1.45. The number of benzene rings is 2. The van der Waals surface area contributed by atoms with Crippen LogP contribution < -0.4 is 4.74 Å². The molecule has 9 heteroatoms. The Labute approximate surface area is 152 Å². The van der Waals surface area contributed by atoms with Crippen molar-refractivity contribution >= 4 is 11.6 Å². The van der Waals surface area contributed by atoms with E-state index in [4.69, 9.17) is 4.74 Å². The minimum atomic E-state index is -5.13. The molecule has 142 valence electrons. The Kier molecular flexibility index (Phi) is 4.56. The van der Waals surface area contributed by atoms with Crippen LogP contribution in [0.2, 0.25) is 0 Å². The minimum Gasteiger partial charge on any atom is -0.508 e. The molecule has 6 nitrogen and oxygen atoms in total. The first kappa shape index (κ1) is 18.7. The zero-order valence-electron chi connectivity index (χ0n) is 14.1.